The minimum Gasteiger partial charge on any atom is -0.406 e. The molecule has 0 amide bonds. The van der Waals surface area contributed by atoms with Crippen LogP contribution >= 0.6 is 0 Å². The van der Waals surface area contributed by atoms with Crippen LogP contribution in [0.4, 0.5) is 23.2 Å². The molecule has 1 aromatic carbocycles. The predicted molar refractivity (Wildman–Crippen MR) is 104 cm³/mol. The molecule has 0 aromatic heterocycles. The number of alkyl halides is 3. The highest BCUT2D eigenvalue weighted by Gasteiger charge is 2.31. The first kappa shape index (κ1) is 22.3. The smallest absolute Gasteiger partial charge is 0.406 e. The number of nitrogens with zero attached hydrogens (tertiary/aromatic N) is 1. The molecule has 0 unspecified atom stereocenters. The molecule has 1 heterocycles. The van der Waals surface area contributed by atoms with Gasteiger partial charge in [0.25, 0.3) is 0 Å². The quantitative estimate of drug-likeness (QED) is 0.472. The van der Waals surface area contributed by atoms with E-state index < -0.39 is 6.36 Å². The van der Waals surface area contributed by atoms with Gasteiger partial charge >= 0.3 is 6.36 Å². The van der Waals surface area contributed by atoms with E-state index in [0.717, 1.165) is 43.5 Å². The molecule has 3 nitrogen and oxygen atoms in total. The number of hydrogen-bond donors (Lipinski definition) is 1. The van der Waals surface area contributed by atoms with Gasteiger partial charge in [-0.1, -0.05) is 12.5 Å². The van der Waals surface area contributed by atoms with Crippen molar-refractivity contribution in [1.82, 2.24) is 5.32 Å². The second-order valence-electron chi connectivity index (χ2n) is 7.07. The number of benzene rings is 1. The van der Waals surface area contributed by atoms with Gasteiger partial charge in [-0.25, -0.2) is 4.39 Å². The van der Waals surface area contributed by atoms with Crippen molar-refractivity contribution in [1.29, 1.82) is 0 Å². The highest BCUT2D eigenvalue weighted by Crippen LogP contribution is 2.35. The lowest BCUT2D eigenvalue weighted by Gasteiger charge is -2.29. The number of hydrogen-bond acceptors (Lipinski definition) is 3. The van der Waals surface area contributed by atoms with E-state index in [-0.39, 0.29) is 17.5 Å². The van der Waals surface area contributed by atoms with Crippen LogP contribution in [0.1, 0.15) is 40.0 Å². The maximum atomic E-state index is 15.5. The zero-order valence-corrected chi connectivity index (χ0v) is 16.8. The number of nitrogens with one attached hydrogen (secondary N) is 1. The van der Waals surface area contributed by atoms with Gasteiger partial charge in [-0.3, -0.25) is 0 Å². The molecule has 0 spiro atoms. The first-order valence-corrected chi connectivity index (χ1v) is 9.50. The van der Waals surface area contributed by atoms with E-state index in [4.69, 9.17) is 0 Å². The van der Waals surface area contributed by atoms with Crippen molar-refractivity contribution in [3.05, 3.63) is 46.9 Å². The molecule has 7 heteroatoms. The third-order valence-corrected chi connectivity index (χ3v) is 5.25. The molecule has 28 heavy (non-hydrogen) atoms. The van der Waals surface area contributed by atoms with E-state index in [0.29, 0.717) is 11.4 Å². The fourth-order valence-electron chi connectivity index (χ4n) is 3.42. The molecule has 0 atom stereocenters. The maximum Gasteiger partial charge on any atom is 0.573 e. The molecule has 1 aliphatic heterocycles. The van der Waals surface area contributed by atoms with Crippen LogP contribution in [-0.4, -0.2) is 26.5 Å². The summed E-state index contributed by atoms with van der Waals surface area (Å²) in [4.78, 5) is 1.65. The summed E-state index contributed by atoms with van der Waals surface area (Å²) in [6.07, 6.45) is -2.18. The number of anilines is 1. The highest BCUT2D eigenvalue weighted by atomic mass is 19.4. The minimum absolute atomic E-state index is 0.173. The van der Waals surface area contributed by atoms with Crippen LogP contribution in [-0.2, 0) is 0 Å². The standard InChI is InChI=1S/C21H28F4N2O/c1-5-14(2)19(16-10-12-26-13-11-16)20(22)15(3)27(4)17-6-8-18(9-7-17)28-21(23,24)25/h6-9,16,26H,5,10-13H2,1-4H3/b19-14+,20-15+. The Morgan fingerprint density at radius 3 is 2.21 bits per heavy atom. The Bertz CT molecular complexity index is 717. The van der Waals surface area contributed by atoms with Crippen molar-refractivity contribution in [2.45, 2.75) is 46.4 Å². The molecule has 1 aromatic rings. The van der Waals surface area contributed by atoms with Crippen LogP contribution in [0.25, 0.3) is 0 Å². The van der Waals surface area contributed by atoms with Gasteiger partial charge in [0.15, 0.2) is 0 Å². The highest BCUT2D eigenvalue weighted by molar-refractivity contribution is 5.55. The Kier molecular flexibility index (Phi) is 7.52. The summed E-state index contributed by atoms with van der Waals surface area (Å²) >= 11 is 0. The molecule has 2 rings (SSSR count). The van der Waals surface area contributed by atoms with Gasteiger partial charge in [-0.05, 0) is 82.0 Å². The van der Waals surface area contributed by atoms with Gasteiger partial charge in [0.05, 0.1) is 5.70 Å². The van der Waals surface area contributed by atoms with Crippen molar-refractivity contribution in [2.75, 3.05) is 25.0 Å². The first-order chi connectivity index (χ1) is 13.1. The molecule has 1 fully saturated rings. The van der Waals surface area contributed by atoms with E-state index in [9.17, 15) is 13.2 Å². The van der Waals surface area contributed by atoms with Crippen LogP contribution < -0.4 is 15.0 Å². The summed E-state index contributed by atoms with van der Waals surface area (Å²) in [5.74, 6) is -0.375. The summed E-state index contributed by atoms with van der Waals surface area (Å²) in [5, 5.41) is 3.30. The fourth-order valence-corrected chi connectivity index (χ4v) is 3.42. The summed E-state index contributed by atoms with van der Waals surface area (Å²) in [6.45, 7) is 7.41. The SMILES string of the molecule is CC/C(C)=C(/C(F)=C(/C)N(C)c1ccc(OC(F)(F)F)cc1)C1CCNCC1. The summed E-state index contributed by atoms with van der Waals surface area (Å²) in [6, 6.07) is 5.42. The lowest BCUT2D eigenvalue weighted by Crippen LogP contribution is -2.29. The van der Waals surface area contributed by atoms with Gasteiger partial charge in [0.2, 0.25) is 0 Å². The Morgan fingerprint density at radius 2 is 1.71 bits per heavy atom. The van der Waals surface area contributed by atoms with Crippen molar-refractivity contribution >= 4 is 5.69 Å². The second-order valence-corrected chi connectivity index (χ2v) is 7.07. The molecule has 0 saturated carbocycles. The molecule has 1 aliphatic rings. The Morgan fingerprint density at radius 1 is 1.14 bits per heavy atom. The van der Waals surface area contributed by atoms with E-state index in [1.54, 1.807) is 18.9 Å². The second kappa shape index (κ2) is 9.45. The van der Waals surface area contributed by atoms with Gasteiger partial charge in [-0.2, -0.15) is 0 Å². The van der Waals surface area contributed by atoms with Crippen LogP contribution in [0.2, 0.25) is 0 Å². The summed E-state index contributed by atoms with van der Waals surface area (Å²) in [5.41, 5.74) is 2.82. The minimum atomic E-state index is -4.73. The lowest BCUT2D eigenvalue weighted by molar-refractivity contribution is -0.274. The van der Waals surface area contributed by atoms with Crippen molar-refractivity contribution in [3.8, 4) is 5.75 Å². The number of piperidine rings is 1. The van der Waals surface area contributed by atoms with E-state index in [1.165, 1.54) is 24.3 Å². The molecule has 0 radical (unpaired) electrons. The fraction of sp³-hybridized carbons (Fsp3) is 0.524. The molecule has 0 bridgehead atoms. The average molecular weight is 400 g/mol. The number of ether oxygens (including phenoxy) is 1. The van der Waals surface area contributed by atoms with Crippen LogP contribution in [0.3, 0.4) is 0 Å². The average Bonchev–Trinajstić information content (AvgIpc) is 2.67. The molecule has 1 N–H and O–H groups in total. The maximum absolute atomic E-state index is 15.5. The summed E-state index contributed by atoms with van der Waals surface area (Å²) < 4.78 is 56.3. The van der Waals surface area contributed by atoms with Gasteiger partial charge in [-0.15, -0.1) is 13.2 Å². The van der Waals surface area contributed by atoms with Gasteiger partial charge in [0, 0.05) is 12.7 Å². The molecular formula is C21H28F4N2O. The third kappa shape index (κ3) is 5.74. The van der Waals surface area contributed by atoms with Crippen molar-refractivity contribution < 1.29 is 22.3 Å². The number of allylic oxidation sites excluding steroid dienone is 4. The van der Waals surface area contributed by atoms with Crippen molar-refractivity contribution in [2.24, 2.45) is 5.92 Å². The largest absolute Gasteiger partial charge is 0.573 e. The number of halogens is 4. The Hall–Kier alpha value is -2.02. The first-order valence-electron chi connectivity index (χ1n) is 9.50. The molecule has 0 aliphatic carbocycles. The predicted octanol–water partition coefficient (Wildman–Crippen LogP) is 5.95. The van der Waals surface area contributed by atoms with E-state index in [2.05, 4.69) is 10.1 Å². The number of rotatable bonds is 6. The van der Waals surface area contributed by atoms with Gasteiger partial charge in [0.1, 0.15) is 11.6 Å². The third-order valence-electron chi connectivity index (χ3n) is 5.25. The zero-order valence-electron chi connectivity index (χ0n) is 16.8. The van der Waals surface area contributed by atoms with Gasteiger partial charge < -0.3 is 15.0 Å². The van der Waals surface area contributed by atoms with Crippen LogP contribution in [0.5, 0.6) is 5.75 Å². The lowest BCUT2D eigenvalue weighted by atomic mass is 9.85. The molecule has 1 saturated heterocycles. The Balaban J connectivity index is 2.29. The monoisotopic (exact) mass is 400 g/mol. The van der Waals surface area contributed by atoms with E-state index >= 15 is 4.39 Å². The van der Waals surface area contributed by atoms with Crippen LogP contribution in [0.15, 0.2) is 46.9 Å². The van der Waals surface area contributed by atoms with E-state index in [1.807, 2.05) is 13.8 Å². The van der Waals surface area contributed by atoms with Crippen molar-refractivity contribution in [3.63, 3.8) is 0 Å². The topological polar surface area (TPSA) is 24.5 Å². The molecule has 156 valence electrons. The zero-order chi connectivity index (χ0) is 20.9. The Labute approximate surface area is 164 Å². The van der Waals surface area contributed by atoms with Crippen LogP contribution in [0, 0.1) is 5.92 Å². The normalized spacial score (nSPS) is 17.7. The molecular weight excluding hydrogens is 372 g/mol. The summed E-state index contributed by atoms with van der Waals surface area (Å²) in [7, 11) is 1.70.